The second-order valence-electron chi connectivity index (χ2n) is 2.83. The zero-order valence-corrected chi connectivity index (χ0v) is 9.06. The van der Waals surface area contributed by atoms with Crippen LogP contribution in [-0.2, 0) is 18.7 Å². The van der Waals surface area contributed by atoms with Crippen LogP contribution in [-0.4, -0.2) is 16.9 Å². The Kier molecular flexibility index (Phi) is 3.58. The molecular weight excluding hydrogens is 235 g/mol. The second-order valence-corrected chi connectivity index (χ2v) is 3.79. The summed E-state index contributed by atoms with van der Waals surface area (Å²) >= 11 is 0. The van der Waals surface area contributed by atoms with Crippen LogP contribution >= 0.6 is 7.68 Å². The Balaban J connectivity index is 3.19. The predicted octanol–water partition coefficient (Wildman–Crippen LogP) is 0.685. The van der Waals surface area contributed by atoms with Crippen molar-refractivity contribution in [3.8, 4) is 11.5 Å². The molecule has 7 heteroatoms. The molecule has 0 radical (unpaired) electrons. The molecule has 6 nitrogen and oxygen atoms in total. The molecule has 0 spiro atoms. The average Bonchev–Trinajstić information content (AvgIpc) is 2.16. The molecule has 16 heavy (non-hydrogen) atoms. The first-order valence-electron chi connectivity index (χ1n) is 4.12. The molecule has 1 N–H and O–H groups in total. The normalized spacial score (nSPS) is 9.56. The highest BCUT2D eigenvalue weighted by Gasteiger charge is 2.18. The average molecular weight is 242 g/mol. The molecule has 0 saturated heterocycles. The third kappa shape index (κ3) is 2.55. The van der Waals surface area contributed by atoms with Crippen molar-refractivity contribution in [2.45, 2.75) is 6.92 Å². The quantitative estimate of drug-likeness (QED) is 0.362. The first-order chi connectivity index (χ1) is 7.43. The van der Waals surface area contributed by atoms with Gasteiger partial charge in [0.1, 0.15) is 5.75 Å². The molecule has 0 fully saturated rings. The summed E-state index contributed by atoms with van der Waals surface area (Å²) in [7, 11) is -3.13. The SMILES string of the molecule is CC(=O)C(=O)Oc1cccc(O)c1P(=O)=O. The molecule has 0 heterocycles. The largest absolute Gasteiger partial charge is 0.507 e. The van der Waals surface area contributed by atoms with Crippen LogP contribution in [0.15, 0.2) is 18.2 Å². The zero-order valence-electron chi connectivity index (χ0n) is 8.17. The number of ether oxygens (including phenoxy) is 1. The minimum atomic E-state index is -3.13. The molecule has 0 bridgehead atoms. The monoisotopic (exact) mass is 242 g/mol. The first kappa shape index (κ1) is 12.1. The summed E-state index contributed by atoms with van der Waals surface area (Å²) in [5.41, 5.74) is 0. The summed E-state index contributed by atoms with van der Waals surface area (Å²) in [5, 5.41) is 8.73. The number of phenolic OH excluding ortho intramolecular Hbond substituents is 1. The van der Waals surface area contributed by atoms with Crippen LogP contribution in [0.2, 0.25) is 0 Å². The Bertz CT molecular complexity index is 509. The van der Waals surface area contributed by atoms with Crippen LogP contribution in [0.4, 0.5) is 0 Å². The molecule has 0 atom stereocenters. The molecule has 0 amide bonds. The number of rotatable bonds is 3. The van der Waals surface area contributed by atoms with E-state index >= 15 is 0 Å². The van der Waals surface area contributed by atoms with E-state index < -0.39 is 30.5 Å². The molecule has 1 aromatic rings. The fraction of sp³-hybridized carbons (Fsp3) is 0.111. The van der Waals surface area contributed by atoms with Crippen molar-refractivity contribution in [1.82, 2.24) is 0 Å². The molecule has 0 aliphatic carbocycles. The number of carbonyl (C=O) groups excluding carboxylic acids is 2. The van der Waals surface area contributed by atoms with Crippen LogP contribution in [0.5, 0.6) is 11.5 Å². The lowest BCUT2D eigenvalue weighted by atomic mass is 10.3. The highest BCUT2D eigenvalue weighted by atomic mass is 31.1. The summed E-state index contributed by atoms with van der Waals surface area (Å²) in [6.07, 6.45) is 0. The molecule has 0 saturated carbocycles. The van der Waals surface area contributed by atoms with Crippen LogP contribution in [0, 0.1) is 0 Å². The van der Waals surface area contributed by atoms with E-state index in [4.69, 9.17) is 0 Å². The van der Waals surface area contributed by atoms with Crippen molar-refractivity contribution >= 4 is 24.7 Å². The molecule has 0 aliphatic rings. The number of aromatic hydroxyl groups is 1. The van der Waals surface area contributed by atoms with Crippen molar-refractivity contribution in [3.05, 3.63) is 18.2 Å². The van der Waals surface area contributed by atoms with Crippen molar-refractivity contribution in [1.29, 1.82) is 0 Å². The van der Waals surface area contributed by atoms with Gasteiger partial charge in [-0.2, -0.15) is 0 Å². The zero-order chi connectivity index (χ0) is 12.3. The minimum absolute atomic E-state index is 0.365. The molecule has 1 aromatic carbocycles. The topological polar surface area (TPSA) is 97.7 Å². The van der Waals surface area contributed by atoms with Gasteiger partial charge < -0.3 is 9.84 Å². The maximum absolute atomic E-state index is 10.9. The van der Waals surface area contributed by atoms with Crippen LogP contribution in [0.25, 0.3) is 0 Å². The maximum Gasteiger partial charge on any atom is 0.379 e. The number of hydrogen-bond acceptors (Lipinski definition) is 6. The highest BCUT2D eigenvalue weighted by Crippen LogP contribution is 2.24. The molecule has 1 rings (SSSR count). The standard InChI is InChI=1S/C9H7O6P/c1-5(10)9(12)15-7-4-2-3-6(11)8(7)16(13)14/h2-4,11H,1H3. The van der Waals surface area contributed by atoms with Gasteiger partial charge in [-0.1, -0.05) is 6.07 Å². The number of carbonyl (C=O) groups is 2. The Hall–Kier alpha value is -1.94. The number of esters is 1. The third-order valence-corrected chi connectivity index (χ3v) is 2.47. The van der Waals surface area contributed by atoms with Crippen LogP contribution < -0.4 is 10.0 Å². The molecular formula is C9H7O6P. The Morgan fingerprint density at radius 3 is 2.44 bits per heavy atom. The fourth-order valence-corrected chi connectivity index (χ4v) is 1.51. The summed E-state index contributed by atoms with van der Waals surface area (Å²) in [6, 6.07) is 3.59. The molecule has 84 valence electrons. The van der Waals surface area contributed by atoms with Crippen molar-refractivity contribution < 1.29 is 28.6 Å². The molecule has 0 aliphatic heterocycles. The lowest BCUT2D eigenvalue weighted by molar-refractivity contribution is -0.146. The summed E-state index contributed by atoms with van der Waals surface area (Å²) in [4.78, 5) is 21.6. The maximum atomic E-state index is 10.9. The number of phenols is 1. The van der Waals surface area contributed by atoms with Crippen molar-refractivity contribution in [3.63, 3.8) is 0 Å². The van der Waals surface area contributed by atoms with Crippen molar-refractivity contribution in [2.75, 3.05) is 0 Å². The van der Waals surface area contributed by atoms with Gasteiger partial charge in [0.2, 0.25) is 5.78 Å². The van der Waals surface area contributed by atoms with E-state index in [-0.39, 0.29) is 5.75 Å². The van der Waals surface area contributed by atoms with Gasteiger partial charge >= 0.3 is 13.6 Å². The highest BCUT2D eigenvalue weighted by molar-refractivity contribution is 7.41. The van der Waals surface area contributed by atoms with E-state index in [2.05, 4.69) is 4.74 Å². The van der Waals surface area contributed by atoms with E-state index in [1.807, 2.05) is 0 Å². The van der Waals surface area contributed by atoms with Gasteiger partial charge in [0.15, 0.2) is 11.1 Å². The summed E-state index contributed by atoms with van der Waals surface area (Å²) < 4.78 is 26.1. The van der Waals surface area contributed by atoms with Gasteiger partial charge in [-0.25, -0.2) is 13.9 Å². The van der Waals surface area contributed by atoms with Crippen LogP contribution in [0.3, 0.4) is 0 Å². The van der Waals surface area contributed by atoms with E-state index in [9.17, 15) is 23.8 Å². The van der Waals surface area contributed by atoms with Gasteiger partial charge in [0.05, 0.1) is 0 Å². The number of benzene rings is 1. The molecule has 0 aromatic heterocycles. The predicted molar refractivity (Wildman–Crippen MR) is 52.3 cm³/mol. The first-order valence-corrected chi connectivity index (χ1v) is 5.30. The van der Waals surface area contributed by atoms with E-state index in [1.54, 1.807) is 0 Å². The van der Waals surface area contributed by atoms with Gasteiger partial charge in [-0.3, -0.25) is 4.79 Å². The fourth-order valence-electron chi connectivity index (χ4n) is 0.948. The third-order valence-electron chi connectivity index (χ3n) is 1.65. The number of Topliss-reactive ketones (excluding diaryl/α,β-unsaturated/α-hetero) is 1. The van der Waals surface area contributed by atoms with Crippen LogP contribution in [0.1, 0.15) is 6.92 Å². The Morgan fingerprint density at radius 2 is 1.94 bits per heavy atom. The van der Waals surface area contributed by atoms with E-state index in [1.165, 1.54) is 12.1 Å². The minimum Gasteiger partial charge on any atom is -0.507 e. The Morgan fingerprint density at radius 1 is 1.31 bits per heavy atom. The van der Waals surface area contributed by atoms with E-state index in [0.717, 1.165) is 13.0 Å². The number of ketones is 1. The second kappa shape index (κ2) is 4.72. The summed E-state index contributed by atoms with van der Waals surface area (Å²) in [5.74, 6) is -2.96. The summed E-state index contributed by atoms with van der Waals surface area (Å²) in [6.45, 7) is 0.988. The van der Waals surface area contributed by atoms with Gasteiger partial charge in [0.25, 0.3) is 0 Å². The lowest BCUT2D eigenvalue weighted by Crippen LogP contribution is -2.19. The van der Waals surface area contributed by atoms with E-state index in [0.29, 0.717) is 0 Å². The smallest absolute Gasteiger partial charge is 0.379 e. The molecule has 0 unspecified atom stereocenters. The lowest BCUT2D eigenvalue weighted by Gasteiger charge is -2.04. The van der Waals surface area contributed by atoms with Crippen molar-refractivity contribution in [2.24, 2.45) is 0 Å². The van der Waals surface area contributed by atoms with Gasteiger partial charge in [-0.15, -0.1) is 0 Å². The Labute approximate surface area is 90.7 Å². The van der Waals surface area contributed by atoms with Gasteiger partial charge in [-0.05, 0) is 12.1 Å². The number of hydrogen-bond donors (Lipinski definition) is 1. The van der Waals surface area contributed by atoms with Gasteiger partial charge in [0, 0.05) is 6.92 Å².